The topological polar surface area (TPSA) is 89.8 Å². The smallest absolute Gasteiger partial charge is 0.240 e. The van der Waals surface area contributed by atoms with E-state index >= 15 is 0 Å². The molecule has 152 valence electrons. The summed E-state index contributed by atoms with van der Waals surface area (Å²) in [7, 11) is -3.58. The third-order valence-electron chi connectivity index (χ3n) is 5.90. The standard InChI is InChI=1S/C21H25N5O2S/c1-2-18-20(25-29(27,28)17-6-4-3-5-7-17)9-8-19(16-10-12-22-13-11-16)21(18)26-14-23-24-15-26/h3-7,10-15,18-21,25H,2,8-9H2,1H3/t18?,19?,20-,21-/m0/s1. The minimum atomic E-state index is -3.58. The predicted octanol–water partition coefficient (Wildman–Crippen LogP) is 3.17. The molecule has 4 rings (SSSR count). The summed E-state index contributed by atoms with van der Waals surface area (Å²) in [4.78, 5) is 4.44. The molecule has 0 radical (unpaired) electrons. The maximum Gasteiger partial charge on any atom is 0.240 e. The first-order valence-corrected chi connectivity index (χ1v) is 11.4. The molecule has 0 spiro atoms. The van der Waals surface area contributed by atoms with E-state index in [4.69, 9.17) is 0 Å². The van der Waals surface area contributed by atoms with Gasteiger partial charge in [-0.1, -0.05) is 25.1 Å². The molecule has 3 aromatic rings. The van der Waals surface area contributed by atoms with Gasteiger partial charge in [-0.25, -0.2) is 13.1 Å². The number of aromatic nitrogens is 4. The van der Waals surface area contributed by atoms with Gasteiger partial charge in [-0.15, -0.1) is 10.2 Å². The highest BCUT2D eigenvalue weighted by Gasteiger charge is 2.41. The number of rotatable bonds is 6. The first-order chi connectivity index (χ1) is 14.1. The molecule has 2 unspecified atom stereocenters. The van der Waals surface area contributed by atoms with E-state index in [0.717, 1.165) is 19.3 Å². The van der Waals surface area contributed by atoms with E-state index < -0.39 is 10.0 Å². The van der Waals surface area contributed by atoms with Crippen molar-refractivity contribution in [1.82, 2.24) is 24.5 Å². The third kappa shape index (κ3) is 4.09. The Morgan fingerprint density at radius 2 is 1.72 bits per heavy atom. The average Bonchev–Trinajstić information content (AvgIpc) is 3.29. The van der Waals surface area contributed by atoms with Crippen LogP contribution >= 0.6 is 0 Å². The lowest BCUT2D eigenvalue weighted by atomic mass is 9.70. The van der Waals surface area contributed by atoms with Gasteiger partial charge in [-0.05, 0) is 55.0 Å². The Balaban J connectivity index is 1.66. The largest absolute Gasteiger partial charge is 0.316 e. The molecule has 2 aromatic heterocycles. The van der Waals surface area contributed by atoms with Gasteiger partial charge in [0.25, 0.3) is 0 Å². The molecule has 29 heavy (non-hydrogen) atoms. The number of hydrogen-bond donors (Lipinski definition) is 1. The summed E-state index contributed by atoms with van der Waals surface area (Å²) in [5, 5.41) is 8.01. The van der Waals surface area contributed by atoms with Crippen molar-refractivity contribution >= 4 is 10.0 Å². The fourth-order valence-electron chi connectivity index (χ4n) is 4.59. The van der Waals surface area contributed by atoms with E-state index in [9.17, 15) is 8.42 Å². The van der Waals surface area contributed by atoms with Crippen LogP contribution < -0.4 is 4.72 Å². The molecule has 4 atom stereocenters. The highest BCUT2D eigenvalue weighted by molar-refractivity contribution is 7.89. The molecule has 1 aliphatic rings. The Kier molecular flexibility index (Phi) is 5.73. The summed E-state index contributed by atoms with van der Waals surface area (Å²) in [6.07, 6.45) is 9.56. The van der Waals surface area contributed by atoms with Crippen molar-refractivity contribution in [2.75, 3.05) is 0 Å². The molecule has 7 nitrogen and oxygen atoms in total. The van der Waals surface area contributed by atoms with Crippen molar-refractivity contribution < 1.29 is 8.42 Å². The Labute approximate surface area is 171 Å². The number of nitrogens with zero attached hydrogens (tertiary/aromatic N) is 4. The zero-order valence-corrected chi connectivity index (χ0v) is 17.1. The van der Waals surface area contributed by atoms with Crippen LogP contribution in [0.1, 0.15) is 43.7 Å². The van der Waals surface area contributed by atoms with Crippen LogP contribution in [0.3, 0.4) is 0 Å². The molecule has 1 fully saturated rings. The normalized spacial score (nSPS) is 25.0. The van der Waals surface area contributed by atoms with Crippen molar-refractivity contribution in [1.29, 1.82) is 0 Å². The Morgan fingerprint density at radius 1 is 1.03 bits per heavy atom. The van der Waals surface area contributed by atoms with E-state index in [1.54, 1.807) is 36.9 Å². The second-order valence-electron chi connectivity index (χ2n) is 7.48. The van der Waals surface area contributed by atoms with Gasteiger partial charge in [-0.3, -0.25) is 4.98 Å². The van der Waals surface area contributed by atoms with Crippen molar-refractivity contribution in [3.63, 3.8) is 0 Å². The van der Waals surface area contributed by atoms with Gasteiger partial charge in [0, 0.05) is 30.4 Å². The number of sulfonamides is 1. The van der Waals surface area contributed by atoms with Gasteiger partial charge in [0.1, 0.15) is 12.7 Å². The first-order valence-electron chi connectivity index (χ1n) is 9.91. The van der Waals surface area contributed by atoms with Gasteiger partial charge in [-0.2, -0.15) is 0 Å². The molecule has 0 amide bonds. The average molecular weight is 412 g/mol. The van der Waals surface area contributed by atoms with Crippen molar-refractivity contribution in [2.24, 2.45) is 5.92 Å². The van der Waals surface area contributed by atoms with Crippen LogP contribution in [0.5, 0.6) is 0 Å². The summed E-state index contributed by atoms with van der Waals surface area (Å²) in [6.45, 7) is 2.11. The number of benzene rings is 1. The van der Waals surface area contributed by atoms with Crippen LogP contribution in [0.15, 0.2) is 72.4 Å². The van der Waals surface area contributed by atoms with Crippen LogP contribution in [-0.4, -0.2) is 34.2 Å². The molecule has 1 N–H and O–H groups in total. The van der Waals surface area contributed by atoms with Crippen LogP contribution in [-0.2, 0) is 10.0 Å². The maximum atomic E-state index is 13.0. The molecule has 2 heterocycles. The molecular weight excluding hydrogens is 386 g/mol. The third-order valence-corrected chi connectivity index (χ3v) is 7.41. The van der Waals surface area contributed by atoms with Gasteiger partial charge in [0.15, 0.2) is 0 Å². The monoisotopic (exact) mass is 411 g/mol. The number of hydrogen-bond acceptors (Lipinski definition) is 5. The van der Waals surface area contributed by atoms with Crippen LogP contribution in [0.25, 0.3) is 0 Å². The zero-order chi connectivity index (χ0) is 20.3. The maximum absolute atomic E-state index is 13.0. The van der Waals surface area contributed by atoms with Crippen molar-refractivity contribution in [2.45, 2.75) is 49.1 Å². The summed E-state index contributed by atoms with van der Waals surface area (Å²) in [5.41, 5.74) is 1.21. The van der Waals surface area contributed by atoms with E-state index in [2.05, 4.69) is 26.8 Å². The Hall–Kier alpha value is -2.58. The molecule has 0 saturated heterocycles. The van der Waals surface area contributed by atoms with Crippen molar-refractivity contribution in [3.8, 4) is 0 Å². The second kappa shape index (κ2) is 8.42. The molecular formula is C21H25N5O2S. The lowest BCUT2D eigenvalue weighted by Gasteiger charge is -2.43. The molecule has 1 saturated carbocycles. The van der Waals surface area contributed by atoms with Crippen molar-refractivity contribution in [3.05, 3.63) is 73.1 Å². The quantitative estimate of drug-likeness (QED) is 0.673. The predicted molar refractivity (Wildman–Crippen MR) is 110 cm³/mol. The number of pyridine rings is 1. The van der Waals surface area contributed by atoms with Gasteiger partial charge < -0.3 is 4.57 Å². The van der Waals surface area contributed by atoms with E-state index in [-0.39, 0.29) is 23.9 Å². The van der Waals surface area contributed by atoms with Crippen LogP contribution in [0, 0.1) is 5.92 Å². The van der Waals surface area contributed by atoms with Crippen LogP contribution in [0.2, 0.25) is 0 Å². The SMILES string of the molecule is CCC1[C@H](n2cnnc2)C(c2ccncc2)CC[C@@H]1NS(=O)(=O)c1ccccc1. The molecule has 0 bridgehead atoms. The molecule has 0 aliphatic heterocycles. The Bertz CT molecular complexity index is 1010. The van der Waals surface area contributed by atoms with Gasteiger partial charge in [0.05, 0.1) is 4.90 Å². The summed E-state index contributed by atoms with van der Waals surface area (Å²) in [6, 6.07) is 12.6. The molecule has 1 aliphatic carbocycles. The lowest BCUT2D eigenvalue weighted by Crippen LogP contribution is -2.47. The minimum Gasteiger partial charge on any atom is -0.316 e. The van der Waals surface area contributed by atoms with Gasteiger partial charge in [0.2, 0.25) is 10.0 Å². The molecule has 8 heteroatoms. The molecule has 1 aromatic carbocycles. The summed E-state index contributed by atoms with van der Waals surface area (Å²) < 4.78 is 30.9. The van der Waals surface area contributed by atoms with E-state index in [0.29, 0.717) is 4.90 Å². The fourth-order valence-corrected chi connectivity index (χ4v) is 5.93. The number of nitrogens with one attached hydrogen (secondary N) is 1. The first kappa shape index (κ1) is 19.7. The fraction of sp³-hybridized carbons (Fsp3) is 0.381. The zero-order valence-electron chi connectivity index (χ0n) is 16.3. The minimum absolute atomic E-state index is 0.0645. The van der Waals surface area contributed by atoms with E-state index in [1.165, 1.54) is 5.56 Å². The summed E-state index contributed by atoms with van der Waals surface area (Å²) >= 11 is 0. The van der Waals surface area contributed by atoms with Crippen LogP contribution in [0.4, 0.5) is 0 Å². The highest BCUT2D eigenvalue weighted by atomic mass is 32.2. The summed E-state index contributed by atoms with van der Waals surface area (Å²) in [5.74, 6) is 0.354. The highest BCUT2D eigenvalue weighted by Crippen LogP contribution is 2.45. The second-order valence-corrected chi connectivity index (χ2v) is 9.19. The lowest BCUT2D eigenvalue weighted by molar-refractivity contribution is 0.163. The van der Waals surface area contributed by atoms with Gasteiger partial charge >= 0.3 is 0 Å². The Morgan fingerprint density at radius 3 is 2.38 bits per heavy atom. The van der Waals surface area contributed by atoms with E-state index in [1.807, 2.05) is 35.2 Å².